The first-order valence-corrected chi connectivity index (χ1v) is 8.40. The lowest BCUT2D eigenvalue weighted by Crippen LogP contribution is -2.46. The summed E-state index contributed by atoms with van der Waals surface area (Å²) in [7, 11) is 0. The second-order valence-electron chi connectivity index (χ2n) is 5.68. The fourth-order valence-corrected chi connectivity index (χ4v) is 3.63. The highest BCUT2D eigenvalue weighted by molar-refractivity contribution is 7.12. The number of rotatable bonds is 6. The Morgan fingerprint density at radius 3 is 2.70 bits per heavy atom. The highest BCUT2D eigenvalue weighted by Gasteiger charge is 2.26. The quantitative estimate of drug-likeness (QED) is 0.802. The number of carbonyl (C=O) groups excluding carboxylic acids is 2. The van der Waals surface area contributed by atoms with E-state index in [1.165, 1.54) is 0 Å². The van der Waals surface area contributed by atoms with E-state index >= 15 is 0 Å². The Morgan fingerprint density at radius 2 is 2.09 bits per heavy atom. The van der Waals surface area contributed by atoms with Gasteiger partial charge in [0, 0.05) is 41.2 Å². The molecule has 2 heterocycles. The molecule has 1 aromatic heterocycles. The van der Waals surface area contributed by atoms with Gasteiger partial charge in [-0.15, -0.1) is 11.3 Å². The molecular formula is C16H21NO5S. The van der Waals surface area contributed by atoms with Gasteiger partial charge < -0.3 is 14.7 Å². The lowest BCUT2D eigenvalue weighted by Gasteiger charge is -2.32. The molecule has 23 heavy (non-hydrogen) atoms. The van der Waals surface area contributed by atoms with Crippen molar-refractivity contribution in [3.63, 3.8) is 0 Å². The molecule has 1 N–H and O–H groups in total. The minimum absolute atomic E-state index is 0.0180. The molecule has 1 aliphatic heterocycles. The third-order valence-corrected chi connectivity index (χ3v) is 4.77. The van der Waals surface area contributed by atoms with Crippen LogP contribution in [0.1, 0.15) is 39.4 Å². The Labute approximate surface area is 139 Å². The molecule has 7 heteroatoms. The number of morpholine rings is 1. The molecule has 1 fully saturated rings. The van der Waals surface area contributed by atoms with Crippen molar-refractivity contribution in [2.45, 2.75) is 39.2 Å². The molecule has 0 aliphatic carbocycles. The van der Waals surface area contributed by atoms with Crippen LogP contribution in [0.5, 0.6) is 0 Å². The minimum atomic E-state index is -0.942. The fraction of sp³-hybridized carbons (Fsp3) is 0.562. The number of ether oxygens (including phenoxy) is 1. The molecule has 1 aromatic rings. The van der Waals surface area contributed by atoms with Gasteiger partial charge >= 0.3 is 5.97 Å². The van der Waals surface area contributed by atoms with E-state index in [-0.39, 0.29) is 37.5 Å². The Kier molecular flexibility index (Phi) is 5.90. The molecule has 1 atom stereocenters. The second kappa shape index (κ2) is 7.70. The Hall–Kier alpha value is -1.73. The number of aliphatic carboxylic acids is 1. The van der Waals surface area contributed by atoms with Crippen molar-refractivity contribution in [2.75, 3.05) is 19.7 Å². The van der Waals surface area contributed by atoms with E-state index in [0.29, 0.717) is 18.7 Å². The predicted octanol–water partition coefficient (Wildman–Crippen LogP) is 2.03. The summed E-state index contributed by atoms with van der Waals surface area (Å²) in [6, 6.07) is 1.87. The number of carboxylic acids is 1. The first-order valence-electron chi connectivity index (χ1n) is 7.58. The van der Waals surface area contributed by atoms with E-state index in [4.69, 9.17) is 9.84 Å². The zero-order valence-corrected chi connectivity index (χ0v) is 14.1. The highest BCUT2D eigenvalue weighted by Crippen LogP contribution is 2.22. The van der Waals surface area contributed by atoms with Crippen LogP contribution >= 0.6 is 11.3 Å². The van der Waals surface area contributed by atoms with Gasteiger partial charge in [-0.2, -0.15) is 0 Å². The summed E-state index contributed by atoms with van der Waals surface area (Å²) < 4.78 is 5.34. The van der Waals surface area contributed by atoms with Crippen LogP contribution in [0.4, 0.5) is 0 Å². The standard InChI is InChI=1S/C16H21NO5S/c1-10-7-13(11(2)23-10)14(18)3-4-15(19)17-5-6-22-12(9-17)8-16(20)21/h7,12H,3-6,8-9H2,1-2H3,(H,20,21). The summed E-state index contributed by atoms with van der Waals surface area (Å²) in [5.74, 6) is -1.08. The van der Waals surface area contributed by atoms with E-state index in [9.17, 15) is 14.4 Å². The van der Waals surface area contributed by atoms with Crippen LogP contribution in [0, 0.1) is 13.8 Å². The van der Waals surface area contributed by atoms with E-state index < -0.39 is 12.1 Å². The maximum Gasteiger partial charge on any atom is 0.306 e. The molecule has 1 amide bonds. The fourth-order valence-electron chi connectivity index (χ4n) is 2.69. The van der Waals surface area contributed by atoms with Crippen molar-refractivity contribution in [1.29, 1.82) is 0 Å². The van der Waals surface area contributed by atoms with Gasteiger partial charge in [0.05, 0.1) is 19.1 Å². The van der Waals surface area contributed by atoms with Gasteiger partial charge in [-0.1, -0.05) is 0 Å². The van der Waals surface area contributed by atoms with Crippen molar-refractivity contribution in [3.05, 3.63) is 21.4 Å². The summed E-state index contributed by atoms with van der Waals surface area (Å²) in [5.41, 5.74) is 0.700. The monoisotopic (exact) mass is 339 g/mol. The van der Waals surface area contributed by atoms with Crippen LogP contribution in [-0.4, -0.2) is 53.5 Å². The zero-order valence-electron chi connectivity index (χ0n) is 13.3. The molecular weight excluding hydrogens is 318 g/mol. The van der Waals surface area contributed by atoms with Gasteiger partial charge in [0.25, 0.3) is 0 Å². The molecule has 0 saturated carbocycles. The summed E-state index contributed by atoms with van der Waals surface area (Å²) in [6.45, 7) is 4.91. The number of ketones is 1. The van der Waals surface area contributed by atoms with Crippen LogP contribution in [-0.2, 0) is 14.3 Å². The predicted molar refractivity (Wildman–Crippen MR) is 85.9 cm³/mol. The maximum absolute atomic E-state index is 12.2. The molecule has 0 spiro atoms. The van der Waals surface area contributed by atoms with Crippen molar-refractivity contribution in [3.8, 4) is 0 Å². The summed E-state index contributed by atoms with van der Waals surface area (Å²) in [6.07, 6.45) is -0.262. The highest BCUT2D eigenvalue weighted by atomic mass is 32.1. The summed E-state index contributed by atoms with van der Waals surface area (Å²) in [5, 5.41) is 8.79. The first-order chi connectivity index (χ1) is 10.9. The number of carboxylic acid groups (broad SMARTS) is 1. The van der Waals surface area contributed by atoms with E-state index in [2.05, 4.69) is 0 Å². The van der Waals surface area contributed by atoms with Crippen LogP contribution < -0.4 is 0 Å². The molecule has 1 unspecified atom stereocenters. The van der Waals surface area contributed by atoms with Crippen molar-refractivity contribution in [1.82, 2.24) is 4.90 Å². The van der Waals surface area contributed by atoms with Crippen LogP contribution in [0.15, 0.2) is 6.07 Å². The average molecular weight is 339 g/mol. The third kappa shape index (κ3) is 4.87. The topological polar surface area (TPSA) is 83.9 Å². The lowest BCUT2D eigenvalue weighted by atomic mass is 10.1. The Bertz CT molecular complexity index is 610. The van der Waals surface area contributed by atoms with Crippen molar-refractivity contribution in [2.24, 2.45) is 0 Å². The molecule has 6 nitrogen and oxygen atoms in total. The van der Waals surface area contributed by atoms with E-state index in [0.717, 1.165) is 9.75 Å². The number of hydrogen-bond donors (Lipinski definition) is 1. The SMILES string of the molecule is Cc1cc(C(=O)CCC(=O)N2CCOC(CC(=O)O)C2)c(C)s1. The number of amides is 1. The molecule has 0 aromatic carbocycles. The summed E-state index contributed by atoms with van der Waals surface area (Å²) >= 11 is 1.58. The van der Waals surface area contributed by atoms with Crippen molar-refractivity contribution >= 4 is 29.0 Å². The Balaban J connectivity index is 1.85. The number of nitrogens with zero attached hydrogens (tertiary/aromatic N) is 1. The largest absolute Gasteiger partial charge is 0.481 e. The number of Topliss-reactive ketones (excluding diaryl/α,β-unsaturated/α-hetero) is 1. The number of thiophene rings is 1. The van der Waals surface area contributed by atoms with Gasteiger partial charge in [-0.25, -0.2) is 0 Å². The van der Waals surface area contributed by atoms with Gasteiger partial charge in [0.1, 0.15) is 0 Å². The minimum Gasteiger partial charge on any atom is -0.481 e. The third-order valence-electron chi connectivity index (χ3n) is 3.80. The summed E-state index contributed by atoms with van der Waals surface area (Å²) in [4.78, 5) is 38.8. The van der Waals surface area contributed by atoms with Gasteiger partial charge in [-0.3, -0.25) is 14.4 Å². The maximum atomic E-state index is 12.2. The molecule has 126 valence electrons. The number of aryl methyl sites for hydroxylation is 2. The average Bonchev–Trinajstić information content (AvgIpc) is 2.83. The van der Waals surface area contributed by atoms with Gasteiger partial charge in [0.15, 0.2) is 5.78 Å². The van der Waals surface area contributed by atoms with Crippen LogP contribution in [0.2, 0.25) is 0 Å². The van der Waals surface area contributed by atoms with Crippen LogP contribution in [0.3, 0.4) is 0 Å². The lowest BCUT2D eigenvalue weighted by molar-refractivity contribution is -0.147. The normalized spacial score (nSPS) is 18.0. The van der Waals surface area contributed by atoms with Crippen LogP contribution in [0.25, 0.3) is 0 Å². The Morgan fingerprint density at radius 1 is 1.35 bits per heavy atom. The smallest absolute Gasteiger partial charge is 0.306 e. The molecule has 1 saturated heterocycles. The van der Waals surface area contributed by atoms with E-state index in [1.807, 2.05) is 19.9 Å². The molecule has 0 bridgehead atoms. The molecule has 1 aliphatic rings. The molecule has 2 rings (SSSR count). The molecule has 0 radical (unpaired) electrons. The van der Waals surface area contributed by atoms with Gasteiger partial charge in [-0.05, 0) is 19.9 Å². The number of carbonyl (C=O) groups is 3. The zero-order chi connectivity index (χ0) is 17.0. The van der Waals surface area contributed by atoms with Gasteiger partial charge in [0.2, 0.25) is 5.91 Å². The van der Waals surface area contributed by atoms with Crippen molar-refractivity contribution < 1.29 is 24.2 Å². The van der Waals surface area contributed by atoms with E-state index in [1.54, 1.807) is 16.2 Å². The second-order valence-corrected chi connectivity index (χ2v) is 7.14. The first kappa shape index (κ1) is 17.6. The number of hydrogen-bond acceptors (Lipinski definition) is 5.